The first-order chi connectivity index (χ1) is 15.7. The Labute approximate surface area is 209 Å². The third kappa shape index (κ3) is 4.91. The number of hydrogen-bond donors (Lipinski definition) is 2. The van der Waals surface area contributed by atoms with E-state index in [1.54, 1.807) is 49.6 Å². The van der Waals surface area contributed by atoms with Gasteiger partial charge in [0.1, 0.15) is 21.9 Å². The molecule has 174 valence electrons. The molecule has 2 heterocycles. The van der Waals surface area contributed by atoms with Gasteiger partial charge in [0, 0.05) is 22.2 Å². The second-order valence-electron chi connectivity index (χ2n) is 7.71. The maximum Gasteiger partial charge on any atom is 0.322 e. The lowest BCUT2D eigenvalue weighted by molar-refractivity contribution is -0.152. The quantitative estimate of drug-likeness (QED) is 0.532. The van der Waals surface area contributed by atoms with Gasteiger partial charge in [-0.1, -0.05) is 35.3 Å². The lowest BCUT2D eigenvalue weighted by atomic mass is 10.0. The number of carbonyl (C=O) groups excluding carboxylic acids is 2. The van der Waals surface area contributed by atoms with Crippen molar-refractivity contribution in [2.24, 2.45) is 0 Å². The zero-order chi connectivity index (χ0) is 23.8. The van der Waals surface area contributed by atoms with Crippen LogP contribution in [0, 0.1) is 0 Å². The Balaban J connectivity index is 1.41. The zero-order valence-electron chi connectivity index (χ0n) is 17.4. The van der Waals surface area contributed by atoms with Gasteiger partial charge in [-0.2, -0.15) is 0 Å². The van der Waals surface area contributed by atoms with Crippen molar-refractivity contribution >= 4 is 64.5 Å². The predicted octanol–water partition coefficient (Wildman–Crippen LogP) is 3.56. The average Bonchev–Trinajstić information content (AvgIpc) is 2.80. The number of carboxylic acids is 1. The fourth-order valence-corrected chi connectivity index (χ4v) is 7.07. The molecule has 2 fully saturated rings. The molecule has 2 saturated heterocycles. The highest BCUT2D eigenvalue weighted by Gasteiger charge is 2.58. The molecule has 0 aliphatic carbocycles. The summed E-state index contributed by atoms with van der Waals surface area (Å²) in [6.07, 6.45) is 0.132. The molecular weight excluding hydrogens is 507 g/mol. The standard InChI is InChI=1S/C22H20Cl2N2O5S2/c1-31-14-5-2-12(3-6-14)8-17(27)25-18-19(28)26-10-22(21(29)30,11-32-20(18)26)33-16-9-13(23)4-7-15(16)24/h2-7,9,18,20H,8,10-11H2,1H3,(H,25,27)(H,29,30)/t18-,20-,22?/m1/s1. The van der Waals surface area contributed by atoms with Crippen LogP contribution in [0.1, 0.15) is 5.56 Å². The van der Waals surface area contributed by atoms with E-state index in [0.717, 1.165) is 17.3 Å². The van der Waals surface area contributed by atoms with E-state index in [4.69, 9.17) is 27.9 Å². The summed E-state index contributed by atoms with van der Waals surface area (Å²) in [5, 5.41) is 13.3. The third-order valence-corrected chi connectivity index (χ3v) is 9.27. The van der Waals surface area contributed by atoms with Crippen molar-refractivity contribution in [2.45, 2.75) is 27.5 Å². The van der Waals surface area contributed by atoms with Gasteiger partial charge in [-0.05, 0) is 35.9 Å². The summed E-state index contributed by atoms with van der Waals surface area (Å²) in [5.74, 6) is -0.655. The number of aliphatic carboxylic acids is 1. The minimum Gasteiger partial charge on any atom is -0.497 e. The number of benzene rings is 2. The van der Waals surface area contributed by atoms with E-state index in [1.807, 2.05) is 0 Å². The van der Waals surface area contributed by atoms with Gasteiger partial charge in [-0.3, -0.25) is 14.4 Å². The lowest BCUT2D eigenvalue weighted by Crippen LogP contribution is -2.74. The Kier molecular flexibility index (Phi) is 7.04. The van der Waals surface area contributed by atoms with Crippen LogP contribution in [0.2, 0.25) is 10.0 Å². The SMILES string of the molecule is COc1ccc(CC(=O)N[C@@H]2C(=O)N3CC(Sc4cc(Cl)ccc4Cl)(C(=O)O)CS[C@H]23)cc1. The summed E-state index contributed by atoms with van der Waals surface area (Å²) < 4.78 is 3.84. The van der Waals surface area contributed by atoms with Gasteiger partial charge in [0.2, 0.25) is 11.8 Å². The highest BCUT2D eigenvalue weighted by atomic mass is 35.5. The van der Waals surface area contributed by atoms with Crippen LogP contribution in [0.4, 0.5) is 0 Å². The smallest absolute Gasteiger partial charge is 0.322 e. The first kappa shape index (κ1) is 24.1. The Morgan fingerprint density at radius 2 is 2.00 bits per heavy atom. The zero-order valence-corrected chi connectivity index (χ0v) is 20.6. The minimum absolute atomic E-state index is 0.0111. The molecule has 2 aliphatic heterocycles. The van der Waals surface area contributed by atoms with Crippen molar-refractivity contribution in [3.63, 3.8) is 0 Å². The molecule has 0 saturated carbocycles. The van der Waals surface area contributed by atoms with Crippen LogP contribution < -0.4 is 10.1 Å². The number of rotatable bonds is 7. The predicted molar refractivity (Wildman–Crippen MR) is 129 cm³/mol. The lowest BCUT2D eigenvalue weighted by Gasteiger charge is -2.53. The molecule has 33 heavy (non-hydrogen) atoms. The summed E-state index contributed by atoms with van der Waals surface area (Å²) in [4.78, 5) is 39.6. The number of halogens is 2. The van der Waals surface area contributed by atoms with E-state index < -0.39 is 16.8 Å². The van der Waals surface area contributed by atoms with Crippen molar-refractivity contribution in [1.82, 2.24) is 10.2 Å². The molecule has 0 radical (unpaired) electrons. The Morgan fingerprint density at radius 3 is 2.67 bits per heavy atom. The van der Waals surface area contributed by atoms with E-state index in [0.29, 0.717) is 20.7 Å². The average molecular weight is 527 g/mol. The molecule has 2 amide bonds. The Hall–Kier alpha value is -2.07. The molecule has 2 N–H and O–H groups in total. The van der Waals surface area contributed by atoms with Crippen LogP contribution in [0.15, 0.2) is 47.4 Å². The van der Waals surface area contributed by atoms with E-state index in [9.17, 15) is 19.5 Å². The van der Waals surface area contributed by atoms with Gasteiger partial charge in [0.05, 0.1) is 18.6 Å². The first-order valence-corrected chi connectivity index (χ1v) is 12.6. The normalized spacial score (nSPS) is 24.0. The molecular formula is C22H20Cl2N2O5S2. The molecule has 4 rings (SSSR count). The number of methoxy groups -OCH3 is 1. The maximum absolute atomic E-state index is 12.8. The maximum atomic E-state index is 12.8. The number of nitrogens with one attached hydrogen (secondary N) is 1. The molecule has 2 aromatic carbocycles. The van der Waals surface area contributed by atoms with Crippen LogP contribution >= 0.6 is 46.7 Å². The van der Waals surface area contributed by atoms with Gasteiger partial charge in [-0.25, -0.2) is 0 Å². The third-order valence-electron chi connectivity index (χ3n) is 5.48. The molecule has 2 aromatic rings. The number of nitrogens with zero attached hydrogens (tertiary/aromatic N) is 1. The molecule has 0 aromatic heterocycles. The van der Waals surface area contributed by atoms with Gasteiger partial charge < -0.3 is 20.1 Å². The van der Waals surface area contributed by atoms with Crippen molar-refractivity contribution in [1.29, 1.82) is 0 Å². The fraction of sp³-hybridized carbons (Fsp3) is 0.318. The minimum atomic E-state index is -1.27. The molecule has 0 bridgehead atoms. The van der Waals surface area contributed by atoms with Crippen LogP contribution in [0.25, 0.3) is 0 Å². The van der Waals surface area contributed by atoms with Gasteiger partial charge in [0.25, 0.3) is 0 Å². The van der Waals surface area contributed by atoms with E-state index in [1.165, 1.54) is 16.7 Å². The number of β-lactam (4-membered cyclic amide) rings is 1. The Morgan fingerprint density at radius 1 is 1.27 bits per heavy atom. The van der Waals surface area contributed by atoms with E-state index in [-0.39, 0.29) is 35.9 Å². The van der Waals surface area contributed by atoms with Crippen molar-refractivity contribution in [3.05, 3.63) is 58.1 Å². The largest absolute Gasteiger partial charge is 0.497 e. The van der Waals surface area contributed by atoms with Crippen molar-refractivity contribution in [2.75, 3.05) is 19.4 Å². The van der Waals surface area contributed by atoms with Crippen LogP contribution in [0.3, 0.4) is 0 Å². The summed E-state index contributed by atoms with van der Waals surface area (Å²) in [5.41, 5.74) is 0.799. The Bertz CT molecular complexity index is 1100. The second kappa shape index (κ2) is 9.66. The van der Waals surface area contributed by atoms with Crippen molar-refractivity contribution < 1.29 is 24.2 Å². The van der Waals surface area contributed by atoms with Gasteiger partial charge in [-0.15, -0.1) is 23.5 Å². The molecule has 0 spiro atoms. The summed E-state index contributed by atoms with van der Waals surface area (Å²) in [6, 6.07) is 11.3. The summed E-state index contributed by atoms with van der Waals surface area (Å²) in [7, 11) is 1.57. The number of amides is 2. The van der Waals surface area contributed by atoms with Crippen molar-refractivity contribution in [3.8, 4) is 5.75 Å². The number of carboxylic acid groups (broad SMARTS) is 1. The first-order valence-electron chi connectivity index (χ1n) is 9.94. The van der Waals surface area contributed by atoms with E-state index >= 15 is 0 Å². The number of thioether (sulfide) groups is 2. The second-order valence-corrected chi connectivity index (χ2v) is 11.1. The summed E-state index contributed by atoms with van der Waals surface area (Å²) in [6.45, 7) is 0.0111. The number of fused-ring (bicyclic) bond motifs is 1. The molecule has 3 atom stereocenters. The molecule has 1 unspecified atom stereocenters. The number of ether oxygens (including phenoxy) is 1. The highest BCUT2D eigenvalue weighted by Crippen LogP contribution is 2.48. The van der Waals surface area contributed by atoms with Gasteiger partial charge >= 0.3 is 5.97 Å². The molecule has 7 nitrogen and oxygen atoms in total. The number of carbonyl (C=O) groups is 3. The van der Waals surface area contributed by atoms with Crippen LogP contribution in [-0.4, -0.2) is 63.4 Å². The van der Waals surface area contributed by atoms with Crippen LogP contribution in [-0.2, 0) is 20.8 Å². The monoisotopic (exact) mass is 526 g/mol. The highest BCUT2D eigenvalue weighted by molar-refractivity contribution is 8.05. The van der Waals surface area contributed by atoms with Crippen LogP contribution in [0.5, 0.6) is 5.75 Å². The number of hydrogen-bond acceptors (Lipinski definition) is 6. The molecule has 11 heteroatoms. The topological polar surface area (TPSA) is 95.9 Å². The summed E-state index contributed by atoms with van der Waals surface area (Å²) >= 11 is 14.7. The van der Waals surface area contributed by atoms with Gasteiger partial charge in [0.15, 0.2) is 0 Å². The molecule has 2 aliphatic rings. The fourth-order valence-electron chi connectivity index (χ4n) is 3.71. The van der Waals surface area contributed by atoms with E-state index in [2.05, 4.69) is 5.32 Å².